The van der Waals surface area contributed by atoms with Crippen molar-refractivity contribution in [3.8, 4) is 17.2 Å². The molecule has 0 fully saturated rings. The summed E-state index contributed by atoms with van der Waals surface area (Å²) in [7, 11) is 0. The van der Waals surface area contributed by atoms with E-state index in [-0.39, 0.29) is 12.8 Å². The zero-order chi connectivity index (χ0) is 21.1. The number of rotatable bonds is 6. The van der Waals surface area contributed by atoms with Gasteiger partial charge in [0.05, 0.1) is 0 Å². The molecule has 3 aromatic carbocycles. The molecule has 0 radical (unpaired) electrons. The van der Waals surface area contributed by atoms with Crippen molar-refractivity contribution in [2.45, 2.75) is 12.8 Å². The van der Waals surface area contributed by atoms with Crippen molar-refractivity contribution in [3.05, 3.63) is 88.5 Å². The van der Waals surface area contributed by atoms with E-state index in [1.165, 1.54) is 24.3 Å². The zero-order valence-corrected chi connectivity index (χ0v) is 15.0. The first-order valence-corrected chi connectivity index (χ1v) is 8.59. The van der Waals surface area contributed by atoms with Crippen molar-refractivity contribution in [2.75, 3.05) is 0 Å². The molecule has 0 saturated heterocycles. The van der Waals surface area contributed by atoms with E-state index in [4.69, 9.17) is 0 Å². The first-order valence-electron chi connectivity index (χ1n) is 8.59. The fourth-order valence-electron chi connectivity index (χ4n) is 2.94. The van der Waals surface area contributed by atoms with Crippen molar-refractivity contribution < 1.29 is 33.7 Å². The summed E-state index contributed by atoms with van der Waals surface area (Å²) in [6.45, 7) is 0. The van der Waals surface area contributed by atoms with Crippen LogP contribution in [-0.2, 0) is 12.8 Å². The van der Waals surface area contributed by atoms with Crippen molar-refractivity contribution in [1.82, 2.24) is 0 Å². The Hall–Kier alpha value is -3.74. The molecule has 3 aromatic rings. The number of hydrogen-bond donors (Lipinski definition) is 3. The highest BCUT2D eigenvalue weighted by Crippen LogP contribution is 2.38. The molecule has 0 atom stereocenters. The van der Waals surface area contributed by atoms with Crippen molar-refractivity contribution >= 4 is 11.6 Å². The fraction of sp³-hybridized carbons (Fsp3) is 0.0909. The van der Waals surface area contributed by atoms with Crippen LogP contribution in [0.4, 0.5) is 8.78 Å². The Morgan fingerprint density at radius 2 is 1.00 bits per heavy atom. The third-order valence-electron chi connectivity index (χ3n) is 4.37. The van der Waals surface area contributed by atoms with E-state index < -0.39 is 51.6 Å². The Morgan fingerprint density at radius 1 is 0.655 bits per heavy atom. The maximum absolute atomic E-state index is 13.0. The quantitative estimate of drug-likeness (QED) is 0.547. The number of phenols is 3. The predicted molar refractivity (Wildman–Crippen MR) is 100 cm³/mol. The zero-order valence-electron chi connectivity index (χ0n) is 15.0. The minimum Gasteiger partial charge on any atom is -0.507 e. The molecule has 3 rings (SSSR count). The Balaban J connectivity index is 1.92. The number of carbonyl (C=O) groups is 2. The van der Waals surface area contributed by atoms with Gasteiger partial charge in [-0.25, -0.2) is 8.78 Å². The second-order valence-electron chi connectivity index (χ2n) is 6.47. The van der Waals surface area contributed by atoms with Gasteiger partial charge in [-0.05, 0) is 35.4 Å². The van der Waals surface area contributed by atoms with Crippen LogP contribution in [0.3, 0.4) is 0 Å². The maximum atomic E-state index is 13.0. The average molecular weight is 398 g/mol. The first kappa shape index (κ1) is 20.0. The van der Waals surface area contributed by atoms with Gasteiger partial charge in [-0.3, -0.25) is 9.59 Å². The van der Waals surface area contributed by atoms with Crippen LogP contribution in [0.2, 0.25) is 0 Å². The highest BCUT2D eigenvalue weighted by Gasteiger charge is 2.26. The third-order valence-corrected chi connectivity index (χ3v) is 4.37. The van der Waals surface area contributed by atoms with E-state index in [1.54, 1.807) is 0 Å². The Morgan fingerprint density at radius 3 is 1.34 bits per heavy atom. The predicted octanol–water partition coefficient (Wildman–Crippen LogP) is 3.93. The number of Topliss-reactive ketones (excluding diaryl/α,β-unsaturated/α-hetero) is 2. The fourth-order valence-corrected chi connectivity index (χ4v) is 2.94. The first-order chi connectivity index (χ1) is 13.8. The smallest absolute Gasteiger partial charge is 0.174 e. The minimum atomic E-state index is -0.846. The Labute approximate surface area is 164 Å². The van der Waals surface area contributed by atoms with E-state index in [0.29, 0.717) is 11.1 Å². The van der Waals surface area contributed by atoms with Crippen LogP contribution < -0.4 is 0 Å². The molecule has 0 bridgehead atoms. The van der Waals surface area contributed by atoms with Crippen LogP contribution in [-0.4, -0.2) is 26.9 Å². The lowest BCUT2D eigenvalue weighted by Crippen LogP contribution is -2.10. The van der Waals surface area contributed by atoms with Crippen LogP contribution in [0.25, 0.3) is 0 Å². The molecule has 0 aliphatic heterocycles. The van der Waals surface area contributed by atoms with Gasteiger partial charge < -0.3 is 15.3 Å². The van der Waals surface area contributed by atoms with Crippen molar-refractivity contribution in [2.24, 2.45) is 0 Å². The van der Waals surface area contributed by atoms with E-state index >= 15 is 0 Å². The topological polar surface area (TPSA) is 94.8 Å². The lowest BCUT2D eigenvalue weighted by Gasteiger charge is -2.13. The van der Waals surface area contributed by atoms with Gasteiger partial charge in [0, 0.05) is 18.9 Å². The number of benzene rings is 3. The van der Waals surface area contributed by atoms with Gasteiger partial charge in [0.25, 0.3) is 0 Å². The minimum absolute atomic E-state index is 0.266. The highest BCUT2D eigenvalue weighted by atomic mass is 19.1. The summed E-state index contributed by atoms with van der Waals surface area (Å²) >= 11 is 0. The summed E-state index contributed by atoms with van der Waals surface area (Å²) in [5, 5.41) is 30.5. The van der Waals surface area contributed by atoms with Crippen LogP contribution in [0.15, 0.2) is 54.6 Å². The molecule has 3 N–H and O–H groups in total. The lowest BCUT2D eigenvalue weighted by molar-refractivity contribution is 0.0985. The number of aromatic hydroxyl groups is 3. The third kappa shape index (κ3) is 4.40. The lowest BCUT2D eigenvalue weighted by atomic mass is 9.94. The second kappa shape index (κ2) is 8.10. The maximum Gasteiger partial charge on any atom is 0.174 e. The molecule has 7 heteroatoms. The van der Waals surface area contributed by atoms with Crippen LogP contribution in [0, 0.1) is 11.6 Å². The molecule has 0 spiro atoms. The number of halogens is 2. The summed E-state index contributed by atoms with van der Waals surface area (Å²) < 4.78 is 26.0. The summed E-state index contributed by atoms with van der Waals surface area (Å²) in [6, 6.07) is 11.0. The molecule has 5 nitrogen and oxygen atoms in total. The van der Waals surface area contributed by atoms with E-state index in [0.717, 1.165) is 30.3 Å². The standard InChI is InChI=1S/C22H16F2O5/c23-14-5-1-12(2-6-14)9-16(25)20-18(27)11-19(28)21(22(20)29)17(26)10-13-3-7-15(24)8-4-13/h1-8,11,27-29H,9-10H2. The summed E-state index contributed by atoms with van der Waals surface area (Å²) in [5.41, 5.74) is -0.172. The second-order valence-corrected chi connectivity index (χ2v) is 6.47. The highest BCUT2D eigenvalue weighted by molar-refractivity contribution is 6.09. The molecule has 148 valence electrons. The molecule has 0 saturated carbocycles. The van der Waals surface area contributed by atoms with Gasteiger partial charge in [0.15, 0.2) is 11.6 Å². The van der Waals surface area contributed by atoms with E-state index in [9.17, 15) is 33.7 Å². The number of carbonyl (C=O) groups excluding carboxylic acids is 2. The van der Waals surface area contributed by atoms with Gasteiger partial charge >= 0.3 is 0 Å². The molecule has 0 unspecified atom stereocenters. The van der Waals surface area contributed by atoms with Crippen LogP contribution in [0.5, 0.6) is 17.2 Å². The molecule has 0 heterocycles. The molecule has 0 aliphatic carbocycles. The van der Waals surface area contributed by atoms with Crippen molar-refractivity contribution in [1.29, 1.82) is 0 Å². The number of ketones is 2. The Kier molecular flexibility index (Phi) is 5.59. The molecule has 0 aromatic heterocycles. The molecular formula is C22H16F2O5. The van der Waals surface area contributed by atoms with Crippen LogP contribution >= 0.6 is 0 Å². The van der Waals surface area contributed by atoms with E-state index in [2.05, 4.69) is 0 Å². The summed E-state index contributed by atoms with van der Waals surface area (Å²) in [6.07, 6.45) is -0.532. The monoisotopic (exact) mass is 398 g/mol. The van der Waals surface area contributed by atoms with Crippen molar-refractivity contribution in [3.63, 3.8) is 0 Å². The SMILES string of the molecule is O=C(Cc1ccc(F)cc1)c1c(O)cc(O)c(C(=O)Cc2ccc(F)cc2)c1O. The van der Waals surface area contributed by atoms with Gasteiger partial charge in [-0.2, -0.15) is 0 Å². The molecule has 29 heavy (non-hydrogen) atoms. The van der Waals surface area contributed by atoms with E-state index in [1.807, 2.05) is 0 Å². The molecule has 0 amide bonds. The van der Waals surface area contributed by atoms with Gasteiger partial charge in [0.1, 0.15) is 40.0 Å². The molecule has 0 aliphatic rings. The summed E-state index contributed by atoms with van der Waals surface area (Å²) in [5.74, 6) is -4.63. The normalized spacial score (nSPS) is 10.7. The number of phenolic OH excluding ortho intramolecular Hbond substituents is 3. The number of hydrogen-bond acceptors (Lipinski definition) is 5. The largest absolute Gasteiger partial charge is 0.507 e. The Bertz CT molecular complexity index is 990. The van der Waals surface area contributed by atoms with Gasteiger partial charge in [0.2, 0.25) is 0 Å². The summed E-state index contributed by atoms with van der Waals surface area (Å²) in [4.78, 5) is 25.1. The van der Waals surface area contributed by atoms with Gasteiger partial charge in [-0.15, -0.1) is 0 Å². The van der Waals surface area contributed by atoms with Gasteiger partial charge in [-0.1, -0.05) is 24.3 Å². The van der Waals surface area contributed by atoms with Crippen LogP contribution in [0.1, 0.15) is 31.8 Å². The average Bonchev–Trinajstić information content (AvgIpc) is 2.65. The molecular weight excluding hydrogens is 382 g/mol.